The van der Waals surface area contributed by atoms with Crippen LogP contribution in [0.2, 0.25) is 0 Å². The number of aryl methyl sites for hydroxylation is 1. The van der Waals surface area contributed by atoms with Gasteiger partial charge in [0.05, 0.1) is 28.0 Å². The maximum atomic E-state index is 12.5. The van der Waals surface area contributed by atoms with Crippen molar-refractivity contribution in [2.75, 3.05) is 19.1 Å². The van der Waals surface area contributed by atoms with Crippen molar-refractivity contribution in [1.82, 2.24) is 4.57 Å². The maximum Gasteiger partial charge on any atom is 0.249 e. The van der Waals surface area contributed by atoms with E-state index < -0.39 is 15.7 Å². The van der Waals surface area contributed by atoms with Crippen LogP contribution in [0.4, 0.5) is 0 Å². The molecule has 1 amide bonds. The first-order valence-corrected chi connectivity index (χ1v) is 12.7. The van der Waals surface area contributed by atoms with Crippen LogP contribution >= 0.6 is 23.1 Å². The van der Waals surface area contributed by atoms with Crippen LogP contribution in [0, 0.1) is 0 Å². The summed E-state index contributed by atoms with van der Waals surface area (Å²) in [7, 11) is -2.05. The van der Waals surface area contributed by atoms with Crippen LogP contribution < -0.4 is 9.54 Å². The predicted octanol–water partition coefficient (Wildman–Crippen LogP) is 3.74. The number of hydrogen-bond acceptors (Lipinski definition) is 6. The van der Waals surface area contributed by atoms with Crippen LogP contribution in [0.5, 0.6) is 5.75 Å². The Morgan fingerprint density at radius 2 is 1.93 bits per heavy atom. The number of aromatic nitrogens is 1. The van der Waals surface area contributed by atoms with Gasteiger partial charge < -0.3 is 9.30 Å². The van der Waals surface area contributed by atoms with Crippen molar-refractivity contribution in [2.24, 2.45) is 4.99 Å². The van der Waals surface area contributed by atoms with Crippen molar-refractivity contribution >= 4 is 49.1 Å². The molecular weight excluding hydrogens is 428 g/mol. The summed E-state index contributed by atoms with van der Waals surface area (Å²) in [5.41, 5.74) is 1.02. The molecule has 0 bridgehead atoms. The maximum absolute atomic E-state index is 12.5. The third-order valence-electron chi connectivity index (χ3n) is 4.43. The first kappa shape index (κ1) is 21.6. The number of hydrogen-bond donors (Lipinski definition) is 0. The average molecular weight is 451 g/mol. The minimum Gasteiger partial charge on any atom is -0.497 e. The summed E-state index contributed by atoms with van der Waals surface area (Å²) in [5.74, 6) is -0.149. The first-order chi connectivity index (χ1) is 13.9. The van der Waals surface area contributed by atoms with E-state index in [4.69, 9.17) is 4.74 Å². The lowest BCUT2D eigenvalue weighted by Gasteiger charge is -2.04. The van der Waals surface area contributed by atoms with Crippen LogP contribution in [0.3, 0.4) is 0 Å². The van der Waals surface area contributed by atoms with Crippen LogP contribution in [0.15, 0.2) is 57.2 Å². The molecule has 2 aromatic carbocycles. The van der Waals surface area contributed by atoms with E-state index in [1.807, 2.05) is 29.9 Å². The second-order valence-electron chi connectivity index (χ2n) is 6.21. The normalized spacial score (nSPS) is 12.4. The van der Waals surface area contributed by atoms with Gasteiger partial charge in [0.2, 0.25) is 5.91 Å². The molecule has 0 unspecified atom stereocenters. The predicted molar refractivity (Wildman–Crippen MR) is 118 cm³/mol. The molecule has 29 heavy (non-hydrogen) atoms. The highest BCUT2D eigenvalue weighted by Gasteiger charge is 2.17. The van der Waals surface area contributed by atoms with Gasteiger partial charge in [-0.3, -0.25) is 4.79 Å². The largest absolute Gasteiger partial charge is 0.497 e. The molecule has 9 heteroatoms. The van der Waals surface area contributed by atoms with Crippen LogP contribution in [-0.2, 0) is 21.2 Å². The van der Waals surface area contributed by atoms with Gasteiger partial charge in [-0.2, -0.15) is 4.99 Å². The molecule has 0 aliphatic heterocycles. The highest BCUT2D eigenvalue weighted by atomic mass is 32.2. The van der Waals surface area contributed by atoms with Crippen LogP contribution in [-0.4, -0.2) is 38.0 Å². The zero-order chi connectivity index (χ0) is 21.0. The summed E-state index contributed by atoms with van der Waals surface area (Å²) in [6.45, 7) is 2.67. The third-order valence-corrected chi connectivity index (χ3v) is 7.93. The Labute approximate surface area is 178 Å². The van der Waals surface area contributed by atoms with Crippen molar-refractivity contribution in [2.45, 2.75) is 29.7 Å². The van der Waals surface area contributed by atoms with E-state index in [0.29, 0.717) is 17.1 Å². The highest BCUT2D eigenvalue weighted by molar-refractivity contribution is 7.98. The molecule has 3 aromatic rings. The number of benzene rings is 2. The summed E-state index contributed by atoms with van der Waals surface area (Å²) < 4.78 is 33.0. The lowest BCUT2D eigenvalue weighted by molar-refractivity contribution is -0.117. The lowest BCUT2D eigenvalue weighted by atomic mass is 10.3. The Morgan fingerprint density at radius 1 is 1.21 bits per heavy atom. The highest BCUT2D eigenvalue weighted by Crippen LogP contribution is 2.24. The number of fused-ring (bicyclic) bond motifs is 1. The number of nitrogens with zero attached hydrogens (tertiary/aromatic N) is 2. The second-order valence-corrected chi connectivity index (χ2v) is 10.2. The Balaban J connectivity index is 1.81. The van der Waals surface area contributed by atoms with E-state index >= 15 is 0 Å². The molecule has 0 saturated carbocycles. The summed E-state index contributed by atoms with van der Waals surface area (Å²) in [4.78, 5) is 18.5. The summed E-state index contributed by atoms with van der Waals surface area (Å²) in [5, 5.41) is 0. The quantitative estimate of drug-likeness (QED) is 0.513. The molecule has 6 nitrogen and oxygen atoms in total. The number of thiazole rings is 1. The fourth-order valence-electron chi connectivity index (χ4n) is 2.86. The Kier molecular flexibility index (Phi) is 6.81. The van der Waals surface area contributed by atoms with Crippen molar-refractivity contribution < 1.29 is 17.9 Å². The molecule has 3 rings (SSSR count). The van der Waals surface area contributed by atoms with Gasteiger partial charge in [0, 0.05) is 17.9 Å². The number of thioether (sulfide) groups is 1. The van der Waals surface area contributed by atoms with Gasteiger partial charge in [-0.25, -0.2) is 8.42 Å². The monoisotopic (exact) mass is 450 g/mol. The minimum absolute atomic E-state index is 0.164. The van der Waals surface area contributed by atoms with Gasteiger partial charge in [-0.05, 0) is 55.6 Å². The SMILES string of the molecule is CCn1c(=NC(=O)CCS(=O)(=O)c2ccc(OC)cc2)sc2cc(SC)ccc21. The van der Waals surface area contributed by atoms with E-state index in [9.17, 15) is 13.2 Å². The van der Waals surface area contributed by atoms with Gasteiger partial charge in [-0.1, -0.05) is 11.3 Å². The van der Waals surface area contributed by atoms with Crippen molar-refractivity contribution in [1.29, 1.82) is 0 Å². The number of rotatable bonds is 7. The van der Waals surface area contributed by atoms with Gasteiger partial charge in [0.1, 0.15) is 5.75 Å². The number of carbonyl (C=O) groups excluding carboxylic acids is 1. The first-order valence-electron chi connectivity index (χ1n) is 8.99. The third kappa shape index (κ3) is 4.91. The molecule has 1 heterocycles. The molecule has 0 atom stereocenters. The zero-order valence-electron chi connectivity index (χ0n) is 16.4. The number of ether oxygens (including phenoxy) is 1. The Bertz CT molecular complexity index is 1190. The summed E-state index contributed by atoms with van der Waals surface area (Å²) >= 11 is 3.10. The van der Waals surface area contributed by atoms with E-state index in [0.717, 1.165) is 15.1 Å². The summed E-state index contributed by atoms with van der Waals surface area (Å²) in [6.07, 6.45) is 1.85. The van der Waals surface area contributed by atoms with Crippen LogP contribution in [0.1, 0.15) is 13.3 Å². The Morgan fingerprint density at radius 3 is 2.55 bits per heavy atom. The lowest BCUT2D eigenvalue weighted by Crippen LogP contribution is -2.17. The molecule has 0 N–H and O–H groups in total. The number of sulfone groups is 1. The van der Waals surface area contributed by atoms with E-state index in [-0.39, 0.29) is 17.1 Å². The van der Waals surface area contributed by atoms with E-state index in [1.54, 1.807) is 23.9 Å². The topological polar surface area (TPSA) is 77.7 Å². The van der Waals surface area contributed by atoms with Crippen molar-refractivity contribution in [3.63, 3.8) is 0 Å². The zero-order valence-corrected chi connectivity index (χ0v) is 18.9. The van der Waals surface area contributed by atoms with Gasteiger partial charge >= 0.3 is 0 Å². The van der Waals surface area contributed by atoms with Crippen molar-refractivity contribution in [3.05, 3.63) is 47.3 Å². The molecule has 0 fully saturated rings. The minimum atomic E-state index is -3.56. The molecule has 154 valence electrons. The number of carbonyl (C=O) groups is 1. The molecule has 0 aliphatic rings. The van der Waals surface area contributed by atoms with Crippen molar-refractivity contribution in [3.8, 4) is 5.75 Å². The molecular formula is C20H22N2O4S3. The Hall–Kier alpha value is -2.10. The molecule has 0 aliphatic carbocycles. The second kappa shape index (κ2) is 9.15. The summed E-state index contributed by atoms with van der Waals surface area (Å²) in [6, 6.07) is 12.3. The molecule has 0 radical (unpaired) electrons. The smallest absolute Gasteiger partial charge is 0.249 e. The van der Waals surface area contributed by atoms with Crippen LogP contribution in [0.25, 0.3) is 10.2 Å². The van der Waals surface area contributed by atoms with Gasteiger partial charge in [0.25, 0.3) is 0 Å². The molecule has 0 saturated heterocycles. The average Bonchev–Trinajstić information content (AvgIpc) is 3.08. The van der Waals surface area contributed by atoms with Gasteiger partial charge in [0.15, 0.2) is 14.6 Å². The fourth-order valence-corrected chi connectivity index (χ4v) is 5.75. The van der Waals surface area contributed by atoms with E-state index in [2.05, 4.69) is 11.1 Å². The molecule has 0 spiro atoms. The molecule has 1 aromatic heterocycles. The van der Waals surface area contributed by atoms with E-state index in [1.165, 1.54) is 30.6 Å². The standard InChI is InChI=1S/C20H22N2O4S3/c1-4-22-17-10-7-15(27-3)13-18(17)28-20(22)21-19(23)11-12-29(24,25)16-8-5-14(26-2)6-9-16/h5-10,13H,4,11-12H2,1-3H3. The number of methoxy groups -OCH3 is 1. The van der Waals surface area contributed by atoms with Gasteiger partial charge in [-0.15, -0.1) is 11.8 Å². The fraction of sp³-hybridized carbons (Fsp3) is 0.300. The number of amides is 1.